The lowest BCUT2D eigenvalue weighted by molar-refractivity contribution is -0.234. The highest BCUT2D eigenvalue weighted by molar-refractivity contribution is 5.80. The predicted molar refractivity (Wildman–Crippen MR) is 94.7 cm³/mol. The van der Waals surface area contributed by atoms with Gasteiger partial charge in [-0.05, 0) is 62.4 Å². The van der Waals surface area contributed by atoms with Crippen molar-refractivity contribution in [1.29, 1.82) is 0 Å². The van der Waals surface area contributed by atoms with Crippen LogP contribution in [0.4, 0.5) is 0 Å². The van der Waals surface area contributed by atoms with E-state index < -0.39 is 63.9 Å². The first kappa shape index (κ1) is 19.8. The fourth-order valence-corrected chi connectivity index (χ4v) is 7.84. The average molecular weight is 396 g/mol. The molecule has 8 nitrogen and oxygen atoms in total. The summed E-state index contributed by atoms with van der Waals surface area (Å²) in [4.78, 5) is 24.9. The molecule has 4 aliphatic rings. The van der Waals surface area contributed by atoms with Crippen molar-refractivity contribution in [1.82, 2.24) is 0 Å². The molecule has 28 heavy (non-hydrogen) atoms. The van der Waals surface area contributed by atoms with Crippen molar-refractivity contribution < 1.29 is 40.2 Å². The van der Waals surface area contributed by atoms with Gasteiger partial charge in [-0.1, -0.05) is 6.58 Å². The van der Waals surface area contributed by atoms with Gasteiger partial charge in [-0.25, -0.2) is 0 Å². The van der Waals surface area contributed by atoms with Gasteiger partial charge in [0.1, 0.15) is 0 Å². The number of rotatable bonds is 3. The Labute approximate surface area is 162 Å². The summed E-state index contributed by atoms with van der Waals surface area (Å²) in [5.41, 5.74) is -4.91. The summed E-state index contributed by atoms with van der Waals surface area (Å²) in [5, 5.41) is 63.0. The molecule has 0 aromatic carbocycles. The van der Waals surface area contributed by atoms with E-state index in [4.69, 9.17) is 0 Å². The van der Waals surface area contributed by atoms with Gasteiger partial charge >= 0.3 is 11.9 Å². The second-order valence-electron chi connectivity index (χ2n) is 9.74. The molecule has 8 atom stereocenters. The Bertz CT molecular complexity index is 763. The molecule has 0 aliphatic heterocycles. The van der Waals surface area contributed by atoms with Crippen molar-refractivity contribution in [2.24, 2.45) is 34.0 Å². The van der Waals surface area contributed by atoms with E-state index in [1.807, 2.05) is 0 Å². The quantitative estimate of drug-likeness (QED) is 0.295. The number of carboxylic acids is 2. The molecule has 2 bridgehead atoms. The van der Waals surface area contributed by atoms with Crippen LogP contribution in [0.1, 0.15) is 45.4 Å². The zero-order valence-corrected chi connectivity index (χ0v) is 15.8. The molecule has 156 valence electrons. The van der Waals surface area contributed by atoms with Crippen LogP contribution in [0.3, 0.4) is 0 Å². The van der Waals surface area contributed by atoms with Gasteiger partial charge in [0.05, 0.1) is 23.0 Å². The number of hydrogen-bond donors (Lipinski definition) is 6. The van der Waals surface area contributed by atoms with Crippen molar-refractivity contribution in [3.8, 4) is 0 Å². The van der Waals surface area contributed by atoms with Gasteiger partial charge in [0.15, 0.2) is 6.29 Å². The Hall–Kier alpha value is -1.48. The number of carbonyl (C=O) groups is 2. The molecule has 0 aromatic rings. The normalized spacial score (nSPS) is 52.4. The first-order chi connectivity index (χ1) is 12.9. The molecule has 4 rings (SSSR count). The molecule has 0 unspecified atom stereocenters. The van der Waals surface area contributed by atoms with Crippen LogP contribution in [0, 0.1) is 34.0 Å². The van der Waals surface area contributed by atoms with E-state index in [9.17, 15) is 40.2 Å². The van der Waals surface area contributed by atoms with Crippen LogP contribution in [0.2, 0.25) is 0 Å². The van der Waals surface area contributed by atoms with Crippen LogP contribution >= 0.6 is 0 Å². The lowest BCUT2D eigenvalue weighted by atomic mass is 9.51. The van der Waals surface area contributed by atoms with Crippen LogP contribution in [0.5, 0.6) is 0 Å². The summed E-state index contributed by atoms with van der Waals surface area (Å²) in [7, 11) is 0. The summed E-state index contributed by atoms with van der Waals surface area (Å²) in [5.74, 6) is -5.48. The molecular formula is C20H28O8. The van der Waals surface area contributed by atoms with Crippen LogP contribution in [-0.2, 0) is 9.59 Å². The summed E-state index contributed by atoms with van der Waals surface area (Å²) in [6.45, 7) is 5.28. The summed E-state index contributed by atoms with van der Waals surface area (Å²) >= 11 is 0. The topological polar surface area (TPSA) is 156 Å². The molecule has 4 fully saturated rings. The van der Waals surface area contributed by atoms with Gasteiger partial charge in [0.25, 0.3) is 0 Å². The minimum absolute atomic E-state index is 0.0427. The zero-order valence-electron chi connectivity index (χ0n) is 15.8. The van der Waals surface area contributed by atoms with E-state index in [1.165, 1.54) is 6.92 Å². The third-order valence-corrected chi connectivity index (χ3v) is 8.94. The minimum Gasteiger partial charge on any atom is -0.481 e. The average Bonchev–Trinajstić information content (AvgIpc) is 2.96. The van der Waals surface area contributed by atoms with Gasteiger partial charge < -0.3 is 30.6 Å². The molecule has 8 heteroatoms. The monoisotopic (exact) mass is 396 g/mol. The summed E-state index contributed by atoms with van der Waals surface area (Å²) in [6, 6.07) is 0. The van der Waals surface area contributed by atoms with Gasteiger partial charge in [-0.3, -0.25) is 9.59 Å². The van der Waals surface area contributed by atoms with Gasteiger partial charge in [0.2, 0.25) is 0 Å². The number of aliphatic carboxylic acids is 2. The number of hydrogen-bond acceptors (Lipinski definition) is 6. The maximum Gasteiger partial charge on any atom is 0.312 e. The SMILES string of the molecule is C=C1C[C@]23C[C@@]1(O)CC[C@H]2[C@]1(C(O)O)CC[C@H](O)[C@@](C)(C(=O)O)[C@H]1[C@@H]3C(=O)O. The van der Waals surface area contributed by atoms with E-state index in [-0.39, 0.29) is 25.7 Å². The van der Waals surface area contributed by atoms with E-state index >= 15 is 0 Å². The lowest BCUT2D eigenvalue weighted by Crippen LogP contribution is -2.61. The molecule has 1 spiro atoms. The smallest absolute Gasteiger partial charge is 0.312 e. The first-order valence-corrected chi connectivity index (χ1v) is 9.79. The Morgan fingerprint density at radius 2 is 1.82 bits per heavy atom. The molecule has 0 radical (unpaired) electrons. The fourth-order valence-electron chi connectivity index (χ4n) is 7.84. The van der Waals surface area contributed by atoms with E-state index in [1.54, 1.807) is 0 Å². The zero-order chi connectivity index (χ0) is 20.9. The Morgan fingerprint density at radius 3 is 2.36 bits per heavy atom. The van der Waals surface area contributed by atoms with Gasteiger partial charge in [0, 0.05) is 11.3 Å². The summed E-state index contributed by atoms with van der Waals surface area (Å²) in [6.07, 6.45) is -2.03. The first-order valence-electron chi connectivity index (χ1n) is 9.79. The van der Waals surface area contributed by atoms with Crippen molar-refractivity contribution in [2.45, 2.75) is 63.4 Å². The van der Waals surface area contributed by atoms with Crippen LogP contribution < -0.4 is 0 Å². The number of aliphatic hydroxyl groups is 4. The Morgan fingerprint density at radius 1 is 1.18 bits per heavy atom. The lowest BCUT2D eigenvalue weighted by Gasteiger charge is -2.54. The molecule has 0 aromatic heterocycles. The predicted octanol–water partition coefficient (Wildman–Crippen LogP) is 0.337. The Kier molecular flexibility index (Phi) is 3.94. The molecule has 4 aliphatic carbocycles. The second-order valence-corrected chi connectivity index (χ2v) is 9.74. The Balaban J connectivity index is 2.02. The highest BCUT2D eigenvalue weighted by atomic mass is 16.5. The third kappa shape index (κ3) is 1.94. The highest BCUT2D eigenvalue weighted by Gasteiger charge is 2.80. The molecule has 0 saturated heterocycles. The number of carboxylic acid groups (broad SMARTS) is 2. The summed E-state index contributed by atoms with van der Waals surface area (Å²) < 4.78 is 0. The highest BCUT2D eigenvalue weighted by Crippen LogP contribution is 2.78. The molecule has 4 saturated carbocycles. The van der Waals surface area contributed by atoms with Crippen molar-refractivity contribution in [3.05, 3.63) is 12.2 Å². The maximum atomic E-state index is 12.5. The second kappa shape index (κ2) is 5.56. The maximum absolute atomic E-state index is 12.5. The molecular weight excluding hydrogens is 368 g/mol. The van der Waals surface area contributed by atoms with Crippen molar-refractivity contribution >= 4 is 11.9 Å². The largest absolute Gasteiger partial charge is 0.481 e. The van der Waals surface area contributed by atoms with E-state index in [0.717, 1.165) is 0 Å². The number of aliphatic hydroxyl groups excluding tert-OH is 2. The fraction of sp³-hybridized carbons (Fsp3) is 0.800. The molecule has 0 heterocycles. The van der Waals surface area contributed by atoms with Crippen molar-refractivity contribution in [3.63, 3.8) is 0 Å². The van der Waals surface area contributed by atoms with Gasteiger partial charge in [-0.2, -0.15) is 0 Å². The van der Waals surface area contributed by atoms with Crippen molar-refractivity contribution in [2.75, 3.05) is 0 Å². The van der Waals surface area contributed by atoms with Crippen LogP contribution in [0.25, 0.3) is 0 Å². The molecule has 0 amide bonds. The van der Waals surface area contributed by atoms with E-state index in [2.05, 4.69) is 6.58 Å². The van der Waals surface area contributed by atoms with Crippen LogP contribution in [-0.4, -0.2) is 60.6 Å². The standard InChI is InChI=1S/C20H28O8/c1-9-7-18-8-19(9,28)5-3-10(18)20(16(26)27)6-4-11(21)17(2,15(24)25)13(20)12(18)14(22)23/h10-13,16,21,26-28H,1,3-8H2,2H3,(H,22,23)(H,24,25)/t10-,11+,12-,13-,17-,18+,19+,20-/m1/s1. The van der Waals surface area contributed by atoms with E-state index in [0.29, 0.717) is 18.4 Å². The molecule has 6 N–H and O–H groups in total. The third-order valence-electron chi connectivity index (χ3n) is 8.94. The minimum atomic E-state index is -1.92. The van der Waals surface area contributed by atoms with Gasteiger partial charge in [-0.15, -0.1) is 0 Å². The van der Waals surface area contributed by atoms with Crippen LogP contribution in [0.15, 0.2) is 12.2 Å². The number of fused-ring (bicyclic) bond motifs is 3.